The molecule has 0 radical (unpaired) electrons. The summed E-state index contributed by atoms with van der Waals surface area (Å²) in [7, 11) is 0. The maximum atomic E-state index is 8.21. The summed E-state index contributed by atoms with van der Waals surface area (Å²) < 4.78 is 0. The first-order chi connectivity index (χ1) is 4.43. The lowest BCUT2D eigenvalue weighted by Crippen LogP contribution is -1.68. The second-order valence-electron chi connectivity index (χ2n) is 1.38. The van der Waals surface area contributed by atoms with Gasteiger partial charge in [0.15, 0.2) is 0 Å². The molecule has 0 aliphatic rings. The van der Waals surface area contributed by atoms with Gasteiger partial charge in [-0.1, -0.05) is 0 Å². The molecule has 0 amide bonds. The van der Waals surface area contributed by atoms with E-state index in [1.54, 1.807) is 24.5 Å². The molecule has 2 nitrogen and oxygen atoms in total. The fourth-order valence-corrected chi connectivity index (χ4v) is 0.822. The second-order valence-corrected chi connectivity index (χ2v) is 2.23. The first-order valence-corrected chi connectivity index (χ1v) is 3.21. The van der Waals surface area contributed by atoms with Crippen molar-refractivity contribution in [3.63, 3.8) is 0 Å². The van der Waals surface area contributed by atoms with Gasteiger partial charge in [-0.2, -0.15) is 5.26 Å². The molecule has 0 bridgehead atoms. The van der Waals surface area contributed by atoms with Crippen molar-refractivity contribution >= 4 is 11.8 Å². The van der Waals surface area contributed by atoms with Crippen LogP contribution >= 0.6 is 11.8 Å². The van der Waals surface area contributed by atoms with Crippen molar-refractivity contribution in [3.8, 4) is 5.40 Å². The van der Waals surface area contributed by atoms with Crippen LogP contribution in [-0.4, -0.2) is 4.98 Å². The Morgan fingerprint density at radius 2 is 2.11 bits per heavy atom. The molecule has 0 aliphatic carbocycles. The Balaban J connectivity index is 2.76. The number of rotatable bonds is 1. The van der Waals surface area contributed by atoms with Crippen LogP contribution in [0.5, 0.6) is 0 Å². The Bertz CT molecular complexity index is 214. The highest BCUT2D eigenvalue weighted by molar-refractivity contribution is 8.03. The highest BCUT2D eigenvalue weighted by atomic mass is 32.2. The van der Waals surface area contributed by atoms with E-state index in [1.165, 1.54) is 0 Å². The number of hydrogen-bond donors (Lipinski definition) is 0. The molecule has 1 heterocycles. The van der Waals surface area contributed by atoms with Crippen LogP contribution in [0.2, 0.25) is 0 Å². The van der Waals surface area contributed by atoms with Crippen LogP contribution < -0.4 is 0 Å². The predicted octanol–water partition coefficient (Wildman–Crippen LogP) is 1.65. The number of thioether (sulfide) groups is 1. The number of thiocyanates is 1. The molecule has 1 rings (SSSR count). The molecular formula is C6H4N2S. The minimum atomic E-state index is 0.938. The number of nitrogens with zero attached hydrogens (tertiary/aromatic N) is 2. The lowest BCUT2D eigenvalue weighted by molar-refractivity contribution is 1.27. The third-order valence-corrected chi connectivity index (χ3v) is 1.41. The molecule has 1 aromatic heterocycles. The lowest BCUT2D eigenvalue weighted by Gasteiger charge is -1.86. The normalized spacial score (nSPS) is 8.33. The van der Waals surface area contributed by atoms with Gasteiger partial charge >= 0.3 is 0 Å². The third-order valence-electron chi connectivity index (χ3n) is 0.813. The molecule has 3 heteroatoms. The smallest absolute Gasteiger partial charge is 0.138 e. The van der Waals surface area contributed by atoms with Crippen molar-refractivity contribution in [1.82, 2.24) is 4.98 Å². The Labute approximate surface area is 57.5 Å². The van der Waals surface area contributed by atoms with Crippen LogP contribution in [-0.2, 0) is 0 Å². The molecule has 0 aromatic carbocycles. The Kier molecular flexibility index (Phi) is 2.11. The molecule has 0 N–H and O–H groups in total. The van der Waals surface area contributed by atoms with Gasteiger partial charge in [-0.05, 0) is 23.9 Å². The predicted molar refractivity (Wildman–Crippen MR) is 35.7 cm³/mol. The highest BCUT2D eigenvalue weighted by Gasteiger charge is 1.86. The van der Waals surface area contributed by atoms with Gasteiger partial charge in [0, 0.05) is 17.3 Å². The minimum Gasteiger partial charge on any atom is -0.265 e. The van der Waals surface area contributed by atoms with Crippen LogP contribution in [0.25, 0.3) is 0 Å². The van der Waals surface area contributed by atoms with E-state index in [4.69, 9.17) is 5.26 Å². The zero-order valence-electron chi connectivity index (χ0n) is 4.61. The summed E-state index contributed by atoms with van der Waals surface area (Å²) in [6.07, 6.45) is 3.33. The molecule has 1 aromatic rings. The van der Waals surface area contributed by atoms with Gasteiger partial charge in [0.05, 0.1) is 0 Å². The van der Waals surface area contributed by atoms with Gasteiger partial charge in [0.1, 0.15) is 5.40 Å². The topological polar surface area (TPSA) is 36.7 Å². The quantitative estimate of drug-likeness (QED) is 0.435. The van der Waals surface area contributed by atoms with Crippen LogP contribution in [0.1, 0.15) is 0 Å². The summed E-state index contributed by atoms with van der Waals surface area (Å²) in [5.41, 5.74) is 0. The molecule has 44 valence electrons. The van der Waals surface area contributed by atoms with Crippen LogP contribution in [0.3, 0.4) is 0 Å². The Morgan fingerprint density at radius 3 is 2.67 bits per heavy atom. The number of aromatic nitrogens is 1. The molecule has 0 aliphatic heterocycles. The summed E-state index contributed by atoms with van der Waals surface area (Å²) in [5, 5.41) is 10.2. The number of hydrogen-bond acceptors (Lipinski definition) is 3. The average molecular weight is 136 g/mol. The van der Waals surface area contributed by atoms with E-state index >= 15 is 0 Å². The van der Waals surface area contributed by atoms with Crippen LogP contribution in [0, 0.1) is 10.7 Å². The van der Waals surface area contributed by atoms with Crippen LogP contribution in [0.4, 0.5) is 0 Å². The SMILES string of the molecule is N#CSc1ccncc1. The maximum Gasteiger partial charge on any atom is 0.138 e. The van der Waals surface area contributed by atoms with Crippen molar-refractivity contribution in [2.75, 3.05) is 0 Å². The van der Waals surface area contributed by atoms with E-state index in [1.807, 2.05) is 5.40 Å². The third kappa shape index (κ3) is 1.74. The Morgan fingerprint density at radius 1 is 1.44 bits per heavy atom. The molecule has 0 atom stereocenters. The van der Waals surface area contributed by atoms with Gasteiger partial charge in [-0.3, -0.25) is 4.98 Å². The van der Waals surface area contributed by atoms with E-state index in [0.717, 1.165) is 16.7 Å². The number of nitriles is 1. The first kappa shape index (κ1) is 6.12. The van der Waals surface area contributed by atoms with Crippen molar-refractivity contribution in [2.45, 2.75) is 4.90 Å². The molecular weight excluding hydrogens is 132 g/mol. The summed E-state index contributed by atoms with van der Waals surface area (Å²) >= 11 is 1.14. The van der Waals surface area contributed by atoms with Crippen molar-refractivity contribution < 1.29 is 0 Å². The zero-order valence-corrected chi connectivity index (χ0v) is 5.43. The minimum absolute atomic E-state index is 0.938. The largest absolute Gasteiger partial charge is 0.265 e. The van der Waals surface area contributed by atoms with E-state index in [9.17, 15) is 0 Å². The van der Waals surface area contributed by atoms with Crippen molar-refractivity contribution in [1.29, 1.82) is 5.26 Å². The van der Waals surface area contributed by atoms with E-state index < -0.39 is 0 Å². The van der Waals surface area contributed by atoms with E-state index in [2.05, 4.69) is 4.98 Å². The highest BCUT2D eigenvalue weighted by Crippen LogP contribution is 2.12. The molecule has 0 unspecified atom stereocenters. The number of pyridine rings is 1. The standard InChI is InChI=1S/C6H4N2S/c7-5-9-6-1-3-8-4-2-6/h1-4H. The monoisotopic (exact) mass is 136 g/mol. The second kappa shape index (κ2) is 3.10. The van der Waals surface area contributed by atoms with E-state index in [0.29, 0.717) is 0 Å². The van der Waals surface area contributed by atoms with Crippen molar-refractivity contribution in [2.24, 2.45) is 0 Å². The average Bonchev–Trinajstić information content (AvgIpc) is 1.91. The molecule has 0 saturated heterocycles. The van der Waals surface area contributed by atoms with Crippen LogP contribution in [0.15, 0.2) is 29.4 Å². The molecule has 0 spiro atoms. The first-order valence-electron chi connectivity index (χ1n) is 2.39. The fourth-order valence-electron chi connectivity index (χ4n) is 0.459. The summed E-state index contributed by atoms with van der Waals surface area (Å²) in [4.78, 5) is 4.74. The Hall–Kier alpha value is -1.01. The lowest BCUT2D eigenvalue weighted by atomic mass is 10.5. The summed E-state index contributed by atoms with van der Waals surface area (Å²) in [5.74, 6) is 0. The van der Waals surface area contributed by atoms with Gasteiger partial charge < -0.3 is 0 Å². The van der Waals surface area contributed by atoms with Crippen molar-refractivity contribution in [3.05, 3.63) is 24.5 Å². The zero-order chi connectivity index (χ0) is 6.53. The van der Waals surface area contributed by atoms with Gasteiger partial charge in [0.2, 0.25) is 0 Å². The maximum absolute atomic E-state index is 8.21. The summed E-state index contributed by atoms with van der Waals surface area (Å²) in [6.45, 7) is 0. The van der Waals surface area contributed by atoms with Gasteiger partial charge in [-0.25, -0.2) is 0 Å². The van der Waals surface area contributed by atoms with Gasteiger partial charge in [-0.15, -0.1) is 0 Å². The van der Waals surface area contributed by atoms with Gasteiger partial charge in [0.25, 0.3) is 0 Å². The molecule has 9 heavy (non-hydrogen) atoms. The molecule has 0 fully saturated rings. The molecule has 0 saturated carbocycles. The fraction of sp³-hybridized carbons (Fsp3) is 0. The van der Waals surface area contributed by atoms with E-state index in [-0.39, 0.29) is 0 Å². The summed E-state index contributed by atoms with van der Waals surface area (Å²) in [6, 6.07) is 3.60.